The second-order valence-electron chi connectivity index (χ2n) is 9.38. The number of nitrogens with one attached hydrogen (secondary N) is 1. The molecule has 184 valence electrons. The lowest BCUT2D eigenvalue weighted by atomic mass is 9.88. The van der Waals surface area contributed by atoms with Crippen molar-refractivity contribution in [2.24, 2.45) is 5.92 Å². The van der Waals surface area contributed by atoms with Crippen molar-refractivity contribution >= 4 is 12.0 Å². The Labute approximate surface area is 199 Å². The lowest BCUT2D eigenvalue weighted by Gasteiger charge is -2.30. The first-order valence-electron chi connectivity index (χ1n) is 11.6. The molecule has 0 amide bonds. The number of carbonyl (C=O) groups excluding carboxylic acids is 1. The maximum absolute atomic E-state index is 14.2. The summed E-state index contributed by atoms with van der Waals surface area (Å²) in [5.41, 5.74) is 2.85. The minimum Gasteiger partial charge on any atom is -0.488 e. The lowest BCUT2D eigenvalue weighted by Crippen LogP contribution is -2.46. The number of ether oxygens (including phenoxy) is 2. The molecule has 2 aromatic carbocycles. The molecule has 1 aliphatic rings. The van der Waals surface area contributed by atoms with E-state index in [9.17, 15) is 18.7 Å². The monoisotopic (exact) mass is 473 g/mol. The van der Waals surface area contributed by atoms with Crippen LogP contribution in [0.3, 0.4) is 0 Å². The van der Waals surface area contributed by atoms with Crippen LogP contribution in [0, 0.1) is 17.6 Å². The van der Waals surface area contributed by atoms with Crippen molar-refractivity contribution in [2.75, 3.05) is 19.8 Å². The molecule has 0 aliphatic heterocycles. The molecule has 0 spiro atoms. The Morgan fingerprint density at radius 1 is 1.24 bits per heavy atom. The number of carbonyl (C=O) groups is 1. The van der Waals surface area contributed by atoms with Crippen molar-refractivity contribution in [2.45, 2.75) is 51.7 Å². The van der Waals surface area contributed by atoms with Crippen molar-refractivity contribution in [1.29, 1.82) is 0 Å². The molecule has 5 nitrogen and oxygen atoms in total. The molecule has 0 aromatic heterocycles. The summed E-state index contributed by atoms with van der Waals surface area (Å²) in [4.78, 5) is 11.4. The molecule has 1 aliphatic carbocycles. The Hall–Kier alpha value is -2.77. The topological polar surface area (TPSA) is 67.8 Å². The van der Waals surface area contributed by atoms with E-state index in [4.69, 9.17) is 9.47 Å². The van der Waals surface area contributed by atoms with E-state index in [1.54, 1.807) is 6.92 Å². The molecule has 3 rings (SSSR count). The van der Waals surface area contributed by atoms with E-state index in [2.05, 4.69) is 43.4 Å². The van der Waals surface area contributed by atoms with Crippen LogP contribution < -0.4 is 10.1 Å². The van der Waals surface area contributed by atoms with Crippen LogP contribution in [0.2, 0.25) is 0 Å². The standard InChI is InChI=1S/C27H33F2NO4/c1-4-33-25(32)10-9-18-13-23(28)26(29)24(14-18)34-17-22(31)16-30-27(2,3)15-19-11-20-7-5-6-8-21(20)12-19/h5-10,13-14,19,22,30-31H,4,11-12,15-17H2,1-3H3/t22-/m1/s1. The first-order chi connectivity index (χ1) is 16.2. The largest absolute Gasteiger partial charge is 0.488 e. The number of aliphatic hydroxyl groups excluding tert-OH is 1. The van der Waals surface area contributed by atoms with E-state index in [-0.39, 0.29) is 36.6 Å². The zero-order valence-electron chi connectivity index (χ0n) is 19.9. The normalized spacial score (nSPS) is 14.9. The van der Waals surface area contributed by atoms with Gasteiger partial charge in [0.15, 0.2) is 11.6 Å². The number of fused-ring (bicyclic) bond motifs is 1. The maximum Gasteiger partial charge on any atom is 0.330 e. The SMILES string of the molecule is CCOC(=O)C=Cc1cc(F)c(F)c(OC[C@H](O)CNC(C)(C)CC2Cc3ccccc3C2)c1. The van der Waals surface area contributed by atoms with Crippen LogP contribution in [-0.4, -0.2) is 42.5 Å². The molecular formula is C27H33F2NO4. The second-order valence-corrected chi connectivity index (χ2v) is 9.38. The van der Waals surface area contributed by atoms with E-state index in [1.807, 2.05) is 0 Å². The van der Waals surface area contributed by atoms with Gasteiger partial charge in [-0.15, -0.1) is 0 Å². The summed E-state index contributed by atoms with van der Waals surface area (Å²) < 4.78 is 38.2. The molecule has 0 saturated heterocycles. The van der Waals surface area contributed by atoms with Gasteiger partial charge < -0.3 is 19.9 Å². The van der Waals surface area contributed by atoms with Crippen LogP contribution in [0.4, 0.5) is 8.78 Å². The highest BCUT2D eigenvalue weighted by atomic mass is 19.2. The highest BCUT2D eigenvalue weighted by molar-refractivity contribution is 5.87. The maximum atomic E-state index is 14.2. The molecule has 1 atom stereocenters. The summed E-state index contributed by atoms with van der Waals surface area (Å²) in [5, 5.41) is 13.7. The summed E-state index contributed by atoms with van der Waals surface area (Å²) in [7, 11) is 0. The van der Waals surface area contributed by atoms with Gasteiger partial charge in [0.05, 0.1) is 6.61 Å². The lowest BCUT2D eigenvalue weighted by molar-refractivity contribution is -0.137. The number of rotatable bonds is 11. The molecule has 0 heterocycles. The summed E-state index contributed by atoms with van der Waals surface area (Å²) in [6, 6.07) is 10.7. The number of halogens is 2. The predicted molar refractivity (Wildman–Crippen MR) is 128 cm³/mol. The van der Waals surface area contributed by atoms with E-state index in [0.717, 1.165) is 31.4 Å². The Morgan fingerprint density at radius 3 is 2.56 bits per heavy atom. The van der Waals surface area contributed by atoms with Gasteiger partial charge in [-0.3, -0.25) is 0 Å². The first kappa shape index (κ1) is 25.8. The van der Waals surface area contributed by atoms with Crippen molar-refractivity contribution in [3.8, 4) is 5.75 Å². The molecule has 2 N–H and O–H groups in total. The average molecular weight is 474 g/mol. The third-order valence-electron chi connectivity index (χ3n) is 5.90. The highest BCUT2D eigenvalue weighted by Gasteiger charge is 2.28. The molecule has 0 bridgehead atoms. The van der Waals surface area contributed by atoms with Crippen molar-refractivity contribution in [1.82, 2.24) is 5.32 Å². The summed E-state index contributed by atoms with van der Waals surface area (Å²) >= 11 is 0. The third kappa shape index (κ3) is 7.37. The molecule has 0 fully saturated rings. The number of hydrogen-bond donors (Lipinski definition) is 2. The van der Waals surface area contributed by atoms with Crippen LogP contribution in [0.5, 0.6) is 5.75 Å². The molecular weight excluding hydrogens is 440 g/mol. The van der Waals surface area contributed by atoms with Gasteiger partial charge in [-0.1, -0.05) is 24.3 Å². The summed E-state index contributed by atoms with van der Waals surface area (Å²) in [6.07, 6.45) is 4.58. The molecule has 0 radical (unpaired) electrons. The number of benzene rings is 2. The number of β-amino-alcohol motifs (C(OH)–C–C–N with tert-alkyl or cyclic N) is 1. The number of esters is 1. The molecule has 34 heavy (non-hydrogen) atoms. The Bertz CT molecular complexity index is 997. The van der Waals surface area contributed by atoms with Gasteiger partial charge in [0.2, 0.25) is 5.82 Å². The van der Waals surface area contributed by atoms with Gasteiger partial charge in [0, 0.05) is 18.2 Å². The third-order valence-corrected chi connectivity index (χ3v) is 5.90. The van der Waals surface area contributed by atoms with E-state index in [1.165, 1.54) is 23.3 Å². The van der Waals surface area contributed by atoms with Gasteiger partial charge in [-0.05, 0) is 80.9 Å². The fourth-order valence-electron chi connectivity index (χ4n) is 4.37. The Morgan fingerprint density at radius 2 is 1.91 bits per heavy atom. The zero-order chi connectivity index (χ0) is 24.7. The molecule has 7 heteroatoms. The average Bonchev–Trinajstić information content (AvgIpc) is 3.19. The van der Waals surface area contributed by atoms with E-state index < -0.39 is 23.7 Å². The number of hydrogen-bond acceptors (Lipinski definition) is 5. The van der Waals surface area contributed by atoms with Crippen LogP contribution in [0.15, 0.2) is 42.5 Å². The van der Waals surface area contributed by atoms with Crippen LogP contribution in [-0.2, 0) is 22.4 Å². The minimum atomic E-state index is -1.14. The van der Waals surface area contributed by atoms with Crippen molar-refractivity contribution in [3.63, 3.8) is 0 Å². The van der Waals surface area contributed by atoms with Crippen molar-refractivity contribution in [3.05, 3.63) is 70.8 Å². The Kier molecular flexibility index (Phi) is 8.80. The summed E-state index contributed by atoms with van der Waals surface area (Å²) in [5.74, 6) is -2.62. The van der Waals surface area contributed by atoms with Crippen LogP contribution in [0.25, 0.3) is 6.08 Å². The van der Waals surface area contributed by atoms with Gasteiger partial charge in [0.1, 0.15) is 12.7 Å². The zero-order valence-corrected chi connectivity index (χ0v) is 19.9. The minimum absolute atomic E-state index is 0.205. The van der Waals surface area contributed by atoms with Gasteiger partial charge in [-0.25, -0.2) is 9.18 Å². The quantitative estimate of drug-likeness (QED) is 0.373. The fourth-order valence-corrected chi connectivity index (χ4v) is 4.37. The molecule has 2 aromatic rings. The predicted octanol–water partition coefficient (Wildman–Crippen LogP) is 4.45. The highest BCUT2D eigenvalue weighted by Crippen LogP contribution is 2.32. The van der Waals surface area contributed by atoms with E-state index >= 15 is 0 Å². The van der Waals surface area contributed by atoms with Gasteiger partial charge >= 0.3 is 5.97 Å². The fraction of sp³-hybridized carbons (Fsp3) is 0.444. The van der Waals surface area contributed by atoms with Crippen LogP contribution >= 0.6 is 0 Å². The molecule has 0 unspecified atom stereocenters. The molecule has 0 saturated carbocycles. The van der Waals surface area contributed by atoms with Crippen molar-refractivity contribution < 1.29 is 28.2 Å². The van der Waals surface area contributed by atoms with Crippen LogP contribution in [0.1, 0.15) is 43.9 Å². The summed E-state index contributed by atoms with van der Waals surface area (Å²) in [6.45, 7) is 6.12. The Balaban J connectivity index is 1.49. The van der Waals surface area contributed by atoms with E-state index in [0.29, 0.717) is 5.92 Å². The smallest absolute Gasteiger partial charge is 0.330 e. The van der Waals surface area contributed by atoms with Gasteiger partial charge in [0.25, 0.3) is 0 Å². The second kappa shape index (κ2) is 11.6. The number of aliphatic hydroxyl groups is 1. The first-order valence-corrected chi connectivity index (χ1v) is 11.6. The van der Waals surface area contributed by atoms with Gasteiger partial charge in [-0.2, -0.15) is 4.39 Å².